The zero-order valence-electron chi connectivity index (χ0n) is 14.5. The first-order chi connectivity index (χ1) is 12.5. The molecule has 1 aromatic heterocycles. The van der Waals surface area contributed by atoms with Crippen LogP contribution < -0.4 is 16.0 Å². The first-order valence-electron chi connectivity index (χ1n) is 8.53. The molecule has 3 N–H and O–H groups in total. The topological polar surface area (TPSA) is 100 Å². The van der Waals surface area contributed by atoms with E-state index in [1.54, 1.807) is 0 Å². The fourth-order valence-corrected chi connectivity index (χ4v) is 2.48. The Kier molecular flexibility index (Phi) is 5.36. The van der Waals surface area contributed by atoms with E-state index in [0.717, 1.165) is 24.1 Å². The van der Waals surface area contributed by atoms with Crippen LogP contribution in [0.2, 0.25) is 0 Å². The van der Waals surface area contributed by atoms with E-state index < -0.39 is 0 Å². The Labute approximate surface area is 151 Å². The normalized spacial score (nSPS) is 14.3. The second-order valence-electron chi connectivity index (χ2n) is 6.37. The van der Waals surface area contributed by atoms with Gasteiger partial charge in [-0.15, -0.1) is 0 Å². The SMILES string of the molecule is CC(NC(=O)CNC(=O)c1ccoc1)c1ccc(NC(=O)C2CC2)cc1. The van der Waals surface area contributed by atoms with Gasteiger partial charge in [0.1, 0.15) is 6.26 Å². The van der Waals surface area contributed by atoms with Crippen LogP contribution in [0.3, 0.4) is 0 Å². The highest BCUT2D eigenvalue weighted by atomic mass is 16.3. The Balaban J connectivity index is 1.45. The summed E-state index contributed by atoms with van der Waals surface area (Å²) < 4.78 is 4.83. The highest BCUT2D eigenvalue weighted by Gasteiger charge is 2.29. The number of amides is 3. The highest BCUT2D eigenvalue weighted by molar-refractivity contribution is 5.96. The summed E-state index contributed by atoms with van der Waals surface area (Å²) in [6.07, 6.45) is 4.64. The summed E-state index contributed by atoms with van der Waals surface area (Å²) in [6, 6.07) is 8.66. The lowest BCUT2D eigenvalue weighted by Crippen LogP contribution is -2.37. The van der Waals surface area contributed by atoms with Gasteiger partial charge >= 0.3 is 0 Å². The van der Waals surface area contributed by atoms with Gasteiger partial charge in [0.05, 0.1) is 24.4 Å². The fourth-order valence-electron chi connectivity index (χ4n) is 2.48. The summed E-state index contributed by atoms with van der Waals surface area (Å²) in [6.45, 7) is 1.73. The second-order valence-corrected chi connectivity index (χ2v) is 6.37. The van der Waals surface area contributed by atoms with Gasteiger partial charge in [0.15, 0.2) is 0 Å². The van der Waals surface area contributed by atoms with Crippen molar-refractivity contribution in [2.45, 2.75) is 25.8 Å². The molecule has 1 heterocycles. The van der Waals surface area contributed by atoms with Crippen molar-refractivity contribution >= 4 is 23.4 Å². The van der Waals surface area contributed by atoms with Crippen molar-refractivity contribution in [1.29, 1.82) is 0 Å². The number of nitrogens with one attached hydrogen (secondary N) is 3. The van der Waals surface area contributed by atoms with Crippen molar-refractivity contribution < 1.29 is 18.8 Å². The number of benzene rings is 1. The molecule has 7 nitrogen and oxygen atoms in total. The number of rotatable bonds is 7. The van der Waals surface area contributed by atoms with Gasteiger partial charge in [-0.2, -0.15) is 0 Å². The number of furan rings is 1. The Bertz CT molecular complexity index is 780. The smallest absolute Gasteiger partial charge is 0.254 e. The molecule has 26 heavy (non-hydrogen) atoms. The van der Waals surface area contributed by atoms with Crippen molar-refractivity contribution in [2.24, 2.45) is 5.92 Å². The maximum atomic E-state index is 12.0. The lowest BCUT2D eigenvalue weighted by Gasteiger charge is -2.15. The van der Waals surface area contributed by atoms with E-state index in [9.17, 15) is 14.4 Å². The van der Waals surface area contributed by atoms with Gasteiger partial charge in [-0.05, 0) is 43.5 Å². The third kappa shape index (κ3) is 4.72. The van der Waals surface area contributed by atoms with Gasteiger partial charge < -0.3 is 20.4 Å². The minimum absolute atomic E-state index is 0.0625. The molecular weight excluding hydrogens is 334 g/mol. The molecule has 3 rings (SSSR count). The van der Waals surface area contributed by atoms with Crippen LogP contribution >= 0.6 is 0 Å². The maximum absolute atomic E-state index is 12.0. The Morgan fingerprint density at radius 1 is 1.15 bits per heavy atom. The van der Waals surface area contributed by atoms with Gasteiger partial charge in [-0.3, -0.25) is 14.4 Å². The van der Waals surface area contributed by atoms with Gasteiger partial charge in [-0.25, -0.2) is 0 Å². The number of hydrogen-bond acceptors (Lipinski definition) is 4. The number of hydrogen-bond donors (Lipinski definition) is 3. The molecular formula is C19H21N3O4. The summed E-state index contributed by atoms with van der Waals surface area (Å²) >= 11 is 0. The van der Waals surface area contributed by atoms with Crippen molar-refractivity contribution in [3.8, 4) is 0 Å². The summed E-state index contributed by atoms with van der Waals surface area (Å²) in [4.78, 5) is 35.5. The van der Waals surface area contributed by atoms with Crippen LogP contribution in [0.15, 0.2) is 47.3 Å². The molecule has 1 atom stereocenters. The Morgan fingerprint density at radius 3 is 2.50 bits per heavy atom. The largest absolute Gasteiger partial charge is 0.472 e. The number of carbonyl (C=O) groups is 3. The molecule has 1 fully saturated rings. The molecule has 0 radical (unpaired) electrons. The van der Waals surface area contributed by atoms with Crippen molar-refractivity contribution in [3.05, 3.63) is 54.0 Å². The predicted molar refractivity (Wildman–Crippen MR) is 95.4 cm³/mol. The average molecular weight is 355 g/mol. The van der Waals surface area contributed by atoms with Crippen LogP contribution in [-0.2, 0) is 9.59 Å². The highest BCUT2D eigenvalue weighted by Crippen LogP contribution is 2.30. The fraction of sp³-hybridized carbons (Fsp3) is 0.316. The van der Waals surface area contributed by atoms with E-state index in [1.807, 2.05) is 31.2 Å². The minimum atomic E-state index is -0.364. The number of carbonyl (C=O) groups excluding carboxylic acids is 3. The molecule has 0 saturated heterocycles. The van der Waals surface area contributed by atoms with Crippen LogP contribution in [0.5, 0.6) is 0 Å². The summed E-state index contributed by atoms with van der Waals surface area (Å²) in [7, 11) is 0. The molecule has 1 aromatic carbocycles. The van der Waals surface area contributed by atoms with Crippen LogP contribution in [0.4, 0.5) is 5.69 Å². The van der Waals surface area contributed by atoms with Crippen molar-refractivity contribution in [3.63, 3.8) is 0 Å². The Hall–Kier alpha value is -3.09. The molecule has 1 unspecified atom stereocenters. The van der Waals surface area contributed by atoms with E-state index in [-0.39, 0.29) is 36.2 Å². The Morgan fingerprint density at radius 2 is 1.88 bits per heavy atom. The molecule has 3 amide bonds. The van der Waals surface area contributed by atoms with Crippen molar-refractivity contribution in [1.82, 2.24) is 10.6 Å². The average Bonchev–Trinajstić information content (AvgIpc) is 3.35. The summed E-state index contributed by atoms with van der Waals surface area (Å²) in [5, 5.41) is 8.23. The molecule has 7 heteroatoms. The molecule has 1 aliphatic rings. The lowest BCUT2D eigenvalue weighted by molar-refractivity contribution is -0.120. The van der Waals surface area contributed by atoms with Crippen LogP contribution in [0, 0.1) is 5.92 Å². The minimum Gasteiger partial charge on any atom is -0.472 e. The summed E-state index contributed by atoms with van der Waals surface area (Å²) in [5.74, 6) is -0.435. The van der Waals surface area contributed by atoms with Gasteiger partial charge in [0, 0.05) is 11.6 Å². The zero-order chi connectivity index (χ0) is 18.5. The molecule has 0 aliphatic heterocycles. The lowest BCUT2D eigenvalue weighted by atomic mass is 10.1. The van der Waals surface area contributed by atoms with Crippen LogP contribution in [0.1, 0.15) is 41.7 Å². The molecule has 0 bridgehead atoms. The molecule has 1 aliphatic carbocycles. The zero-order valence-corrected chi connectivity index (χ0v) is 14.5. The van der Waals surface area contributed by atoms with E-state index in [1.165, 1.54) is 18.6 Å². The summed E-state index contributed by atoms with van der Waals surface area (Å²) in [5.41, 5.74) is 2.02. The third-order valence-electron chi connectivity index (χ3n) is 4.20. The molecule has 1 saturated carbocycles. The first kappa shape index (κ1) is 17.7. The second kappa shape index (κ2) is 7.86. The third-order valence-corrected chi connectivity index (χ3v) is 4.20. The van der Waals surface area contributed by atoms with Crippen LogP contribution in [-0.4, -0.2) is 24.3 Å². The molecule has 136 valence electrons. The quantitative estimate of drug-likeness (QED) is 0.709. The van der Waals surface area contributed by atoms with Crippen molar-refractivity contribution in [2.75, 3.05) is 11.9 Å². The van der Waals surface area contributed by atoms with Gasteiger partial charge in [-0.1, -0.05) is 12.1 Å². The van der Waals surface area contributed by atoms with E-state index >= 15 is 0 Å². The predicted octanol–water partition coefficient (Wildman–Crippen LogP) is 2.24. The van der Waals surface area contributed by atoms with Crippen LogP contribution in [0.25, 0.3) is 0 Å². The van der Waals surface area contributed by atoms with E-state index in [4.69, 9.17) is 4.42 Å². The first-order valence-corrected chi connectivity index (χ1v) is 8.53. The van der Waals surface area contributed by atoms with Gasteiger partial charge in [0.2, 0.25) is 11.8 Å². The number of anilines is 1. The molecule has 0 spiro atoms. The molecule has 2 aromatic rings. The maximum Gasteiger partial charge on any atom is 0.254 e. The standard InChI is InChI=1S/C19H21N3O4/c1-12(21-17(23)10-20-18(24)15-8-9-26-11-15)13-4-6-16(7-5-13)22-19(25)14-2-3-14/h4-9,11-12,14H,2-3,10H2,1H3,(H,20,24)(H,21,23)(H,22,25). The van der Waals surface area contributed by atoms with Gasteiger partial charge in [0.25, 0.3) is 5.91 Å². The van der Waals surface area contributed by atoms with E-state index in [2.05, 4.69) is 16.0 Å². The van der Waals surface area contributed by atoms with E-state index in [0.29, 0.717) is 5.56 Å². The monoisotopic (exact) mass is 355 g/mol.